The zero-order valence-corrected chi connectivity index (χ0v) is 11.0. The normalized spacial score (nSPS) is 26.4. The Morgan fingerprint density at radius 2 is 2.05 bits per heavy atom. The fourth-order valence-corrected chi connectivity index (χ4v) is 2.43. The van der Waals surface area contributed by atoms with Crippen LogP contribution in [0.1, 0.15) is 26.2 Å². The molecule has 1 aliphatic carbocycles. The lowest BCUT2D eigenvalue weighted by molar-refractivity contribution is -0.158. The minimum atomic E-state index is -0.802. The van der Waals surface area contributed by atoms with E-state index in [1.165, 1.54) is 19.3 Å². The zero-order chi connectivity index (χ0) is 14.0. The molecule has 2 atom stereocenters. The molecule has 5 heteroatoms. The molecule has 2 unspecified atom stereocenters. The Balaban J connectivity index is 2.36. The monoisotopic (exact) mass is 264 g/mol. The molecule has 2 rings (SSSR count). The summed E-state index contributed by atoms with van der Waals surface area (Å²) in [5, 5.41) is 0. The Bertz CT molecular complexity index is 486. The van der Waals surface area contributed by atoms with E-state index in [0.29, 0.717) is 17.6 Å². The molecule has 2 aliphatic rings. The molecule has 0 spiro atoms. The first kappa shape index (κ1) is 13.7. The molecule has 0 bridgehead atoms. The highest BCUT2D eigenvalue weighted by atomic mass is 16.6. The lowest BCUT2D eigenvalue weighted by Gasteiger charge is -2.32. The summed E-state index contributed by atoms with van der Waals surface area (Å²) >= 11 is 0. The quantitative estimate of drug-likeness (QED) is 0.564. The van der Waals surface area contributed by atoms with Crippen LogP contribution in [0.2, 0.25) is 0 Å². The van der Waals surface area contributed by atoms with Gasteiger partial charge in [-0.25, -0.2) is 4.79 Å². The van der Waals surface area contributed by atoms with E-state index in [1.807, 2.05) is 6.92 Å². The minimum Gasteiger partial charge on any atom is -0.467 e. The summed E-state index contributed by atoms with van der Waals surface area (Å²) in [6.07, 6.45) is 2.72. The van der Waals surface area contributed by atoms with Crippen molar-refractivity contribution in [3.63, 3.8) is 0 Å². The van der Waals surface area contributed by atoms with E-state index in [4.69, 9.17) is 4.74 Å². The van der Waals surface area contributed by atoms with Crippen molar-refractivity contribution in [2.75, 3.05) is 7.11 Å². The molecule has 0 aromatic heterocycles. The number of carbonyl (C=O) groups excluding carboxylic acids is 3. The Labute approximate surface area is 111 Å². The largest absolute Gasteiger partial charge is 0.467 e. The topological polar surface area (TPSA) is 69.7 Å². The van der Waals surface area contributed by atoms with Crippen LogP contribution < -0.4 is 0 Å². The second kappa shape index (κ2) is 5.48. The molecule has 102 valence electrons. The van der Waals surface area contributed by atoms with Crippen LogP contribution in [0.5, 0.6) is 0 Å². The van der Waals surface area contributed by atoms with Crippen molar-refractivity contribution in [3.8, 4) is 0 Å². The van der Waals surface area contributed by atoms with Gasteiger partial charge in [0, 0.05) is 17.6 Å². The van der Waals surface area contributed by atoms with E-state index in [2.05, 4.69) is 4.74 Å². The summed E-state index contributed by atoms with van der Waals surface area (Å²) < 4.78 is 10.3. The predicted octanol–water partition coefficient (Wildman–Crippen LogP) is 1.12. The Morgan fingerprint density at radius 1 is 1.37 bits per heavy atom. The van der Waals surface area contributed by atoms with Gasteiger partial charge in [-0.2, -0.15) is 0 Å². The molecular weight excluding hydrogens is 248 g/mol. The minimum absolute atomic E-state index is 0.108. The average molecular weight is 264 g/mol. The summed E-state index contributed by atoms with van der Waals surface area (Å²) in [6, 6.07) is 0. The van der Waals surface area contributed by atoms with E-state index in [0.717, 1.165) is 6.42 Å². The Kier molecular flexibility index (Phi) is 3.95. The van der Waals surface area contributed by atoms with Crippen molar-refractivity contribution in [2.24, 2.45) is 0 Å². The molecule has 0 saturated carbocycles. The van der Waals surface area contributed by atoms with Gasteiger partial charge in [-0.3, -0.25) is 9.59 Å². The highest BCUT2D eigenvalue weighted by Gasteiger charge is 2.39. The van der Waals surface area contributed by atoms with Gasteiger partial charge in [0.25, 0.3) is 0 Å². The van der Waals surface area contributed by atoms with Crippen molar-refractivity contribution < 1.29 is 23.9 Å². The maximum absolute atomic E-state index is 11.9. The fraction of sp³-hybridized carbons (Fsp3) is 0.500. The number of esters is 1. The summed E-state index contributed by atoms with van der Waals surface area (Å²) in [7, 11) is 1.28. The average Bonchev–Trinajstić information content (AvgIpc) is 2.42. The number of hydrogen-bond donors (Lipinski definition) is 0. The second-order valence-electron chi connectivity index (χ2n) is 4.58. The molecule has 19 heavy (non-hydrogen) atoms. The maximum Gasteiger partial charge on any atom is 0.335 e. The first-order chi connectivity index (χ1) is 9.08. The van der Waals surface area contributed by atoms with Gasteiger partial charge in [0.15, 0.2) is 17.7 Å². The van der Waals surface area contributed by atoms with Crippen molar-refractivity contribution in [2.45, 2.75) is 38.4 Å². The van der Waals surface area contributed by atoms with Gasteiger partial charge in [0.05, 0.1) is 13.2 Å². The third-order valence-electron chi connectivity index (χ3n) is 3.33. The van der Waals surface area contributed by atoms with Gasteiger partial charge in [-0.15, -0.1) is 0 Å². The van der Waals surface area contributed by atoms with Gasteiger partial charge in [0.1, 0.15) is 0 Å². The van der Waals surface area contributed by atoms with Crippen LogP contribution in [-0.4, -0.2) is 36.9 Å². The molecule has 0 radical (unpaired) electrons. The highest BCUT2D eigenvalue weighted by Crippen LogP contribution is 2.32. The van der Waals surface area contributed by atoms with Crippen molar-refractivity contribution >= 4 is 17.5 Å². The number of hydrogen-bond acceptors (Lipinski definition) is 5. The van der Waals surface area contributed by atoms with Gasteiger partial charge in [-0.1, -0.05) is 13.3 Å². The number of ether oxygens (including phenoxy) is 2. The summed E-state index contributed by atoms with van der Waals surface area (Å²) in [5.74, 6) is -0.924. The second-order valence-corrected chi connectivity index (χ2v) is 4.58. The Hall–Kier alpha value is -1.75. The lowest BCUT2D eigenvalue weighted by atomic mass is 9.84. The molecule has 0 fully saturated rings. The number of ketones is 2. The SMILES string of the molecule is CCCC1OC(C(=O)OC)CC2=C1C(=O)C=CC2=O. The summed E-state index contributed by atoms with van der Waals surface area (Å²) in [5.41, 5.74) is 0.808. The van der Waals surface area contributed by atoms with Crippen molar-refractivity contribution in [3.05, 3.63) is 23.3 Å². The molecule has 1 aliphatic heterocycles. The van der Waals surface area contributed by atoms with Crippen molar-refractivity contribution in [1.82, 2.24) is 0 Å². The van der Waals surface area contributed by atoms with Crippen LogP contribution in [0, 0.1) is 0 Å². The standard InChI is InChI=1S/C14H16O5/c1-3-4-11-13-8(9(15)5-6-10(13)16)7-12(19-11)14(17)18-2/h5-6,11-12H,3-4,7H2,1-2H3. The number of rotatable bonds is 3. The first-order valence-corrected chi connectivity index (χ1v) is 6.31. The van der Waals surface area contributed by atoms with Gasteiger partial charge >= 0.3 is 5.97 Å². The van der Waals surface area contributed by atoms with Gasteiger partial charge < -0.3 is 9.47 Å². The maximum atomic E-state index is 11.9. The first-order valence-electron chi connectivity index (χ1n) is 6.31. The summed E-state index contributed by atoms with van der Waals surface area (Å²) in [4.78, 5) is 35.4. The molecule has 0 N–H and O–H groups in total. The third kappa shape index (κ3) is 2.51. The van der Waals surface area contributed by atoms with Crippen LogP contribution >= 0.6 is 0 Å². The molecule has 1 heterocycles. The number of methoxy groups -OCH3 is 1. The van der Waals surface area contributed by atoms with E-state index < -0.39 is 18.2 Å². The predicted molar refractivity (Wildman–Crippen MR) is 66.4 cm³/mol. The summed E-state index contributed by atoms with van der Waals surface area (Å²) in [6.45, 7) is 1.95. The van der Waals surface area contributed by atoms with Crippen molar-refractivity contribution in [1.29, 1.82) is 0 Å². The molecular formula is C14H16O5. The van der Waals surface area contributed by atoms with E-state index in [9.17, 15) is 14.4 Å². The van der Waals surface area contributed by atoms with E-state index in [-0.39, 0.29) is 18.0 Å². The molecule has 0 amide bonds. The zero-order valence-electron chi connectivity index (χ0n) is 11.0. The Morgan fingerprint density at radius 3 is 2.68 bits per heavy atom. The lowest BCUT2D eigenvalue weighted by Crippen LogP contribution is -2.40. The molecule has 5 nitrogen and oxygen atoms in total. The molecule has 0 aromatic rings. The van der Waals surface area contributed by atoms with Crippen LogP contribution in [-0.2, 0) is 23.9 Å². The number of carbonyl (C=O) groups is 3. The van der Waals surface area contributed by atoms with E-state index >= 15 is 0 Å². The molecule has 0 saturated heterocycles. The molecule has 0 aromatic carbocycles. The third-order valence-corrected chi connectivity index (χ3v) is 3.33. The van der Waals surface area contributed by atoms with Crippen LogP contribution in [0.4, 0.5) is 0 Å². The van der Waals surface area contributed by atoms with Crippen LogP contribution in [0.3, 0.4) is 0 Å². The fourth-order valence-electron chi connectivity index (χ4n) is 2.43. The van der Waals surface area contributed by atoms with Crippen LogP contribution in [0.15, 0.2) is 23.3 Å². The van der Waals surface area contributed by atoms with Crippen LogP contribution in [0.25, 0.3) is 0 Å². The van der Waals surface area contributed by atoms with Gasteiger partial charge in [0.2, 0.25) is 0 Å². The highest BCUT2D eigenvalue weighted by molar-refractivity contribution is 6.21. The van der Waals surface area contributed by atoms with E-state index in [1.54, 1.807) is 0 Å². The number of allylic oxidation sites excluding steroid dienone is 2. The van der Waals surface area contributed by atoms with Gasteiger partial charge in [-0.05, 0) is 18.6 Å². The smallest absolute Gasteiger partial charge is 0.335 e.